The number of carbonyl (C=O) groups is 1. The molecule has 1 amide bonds. The molecule has 4 aromatic rings. The van der Waals surface area contributed by atoms with Gasteiger partial charge in [0, 0.05) is 35.8 Å². The highest BCUT2D eigenvalue weighted by molar-refractivity contribution is 7.19. The molecule has 208 valence electrons. The van der Waals surface area contributed by atoms with Crippen molar-refractivity contribution in [3.05, 3.63) is 71.0 Å². The van der Waals surface area contributed by atoms with Gasteiger partial charge in [-0.05, 0) is 61.8 Å². The monoisotopic (exact) mass is 558 g/mol. The molecule has 3 aromatic heterocycles. The van der Waals surface area contributed by atoms with Crippen LogP contribution in [0.4, 0.5) is 11.5 Å². The van der Waals surface area contributed by atoms with Gasteiger partial charge in [-0.2, -0.15) is 0 Å². The first kappa shape index (κ1) is 27.5. The van der Waals surface area contributed by atoms with E-state index in [1.165, 1.54) is 10.4 Å². The molecule has 0 unspecified atom stereocenters. The lowest BCUT2D eigenvalue weighted by Crippen LogP contribution is -2.34. The fourth-order valence-corrected chi connectivity index (χ4v) is 5.96. The van der Waals surface area contributed by atoms with Gasteiger partial charge < -0.3 is 24.6 Å². The highest BCUT2D eigenvalue weighted by atomic mass is 32.1. The van der Waals surface area contributed by atoms with Crippen molar-refractivity contribution in [3.8, 4) is 17.4 Å². The molecule has 0 saturated carbocycles. The van der Waals surface area contributed by atoms with Gasteiger partial charge in [0.2, 0.25) is 11.8 Å². The summed E-state index contributed by atoms with van der Waals surface area (Å²) >= 11 is 1.64. The maximum Gasteiger partial charge on any atom is 0.246 e. The third-order valence-corrected chi connectivity index (χ3v) is 8.18. The maximum absolute atomic E-state index is 12.9. The Balaban J connectivity index is 1.30. The number of amides is 1. The summed E-state index contributed by atoms with van der Waals surface area (Å²) < 4.78 is 11.1. The summed E-state index contributed by atoms with van der Waals surface area (Å²) in [6.07, 6.45) is 7.68. The van der Waals surface area contributed by atoms with E-state index in [0.29, 0.717) is 24.7 Å². The SMILES string of the molecule is CCN(CC)C/C=C/C(=O)N1CCc2c(sc3ncnc(Nc4ccc(Oc5ccc(OC)nc5)c(C)c4)c23)C1. The molecule has 9 nitrogen and oxygen atoms in total. The molecule has 40 heavy (non-hydrogen) atoms. The Bertz CT molecular complexity index is 1510. The Kier molecular flexibility index (Phi) is 8.57. The van der Waals surface area contributed by atoms with Crippen LogP contribution >= 0.6 is 11.3 Å². The van der Waals surface area contributed by atoms with Gasteiger partial charge in [-0.1, -0.05) is 19.9 Å². The highest BCUT2D eigenvalue weighted by Crippen LogP contribution is 2.38. The van der Waals surface area contributed by atoms with E-state index >= 15 is 0 Å². The first-order chi connectivity index (χ1) is 19.5. The fraction of sp³-hybridized carbons (Fsp3) is 0.333. The van der Waals surface area contributed by atoms with Gasteiger partial charge in [-0.25, -0.2) is 15.0 Å². The summed E-state index contributed by atoms with van der Waals surface area (Å²) in [5.41, 5.74) is 3.10. The standard InChI is InChI=1S/C30H34N6O3S/c1-5-35(6-2)14-7-8-27(37)36-15-13-23-25(18-36)40-30-28(23)29(32-19-33-30)34-21-9-11-24(20(3)16-21)39-22-10-12-26(38-4)31-17-22/h7-12,16-17,19H,5-6,13-15,18H2,1-4H3,(H,32,33,34)/b8-7+. The first-order valence-corrected chi connectivity index (χ1v) is 14.3. The van der Waals surface area contributed by atoms with Crippen molar-refractivity contribution in [1.82, 2.24) is 24.8 Å². The predicted molar refractivity (Wildman–Crippen MR) is 159 cm³/mol. The molecule has 0 spiro atoms. The Labute approximate surface area is 238 Å². The molecule has 0 saturated heterocycles. The van der Waals surface area contributed by atoms with Crippen LogP contribution in [-0.4, -0.2) is 63.9 Å². The number of likely N-dealkylation sites (N-methyl/N-ethyl adjacent to an activating group) is 1. The molecule has 0 atom stereocenters. The first-order valence-electron chi connectivity index (χ1n) is 13.5. The molecule has 1 aliphatic rings. The van der Waals surface area contributed by atoms with Crippen LogP contribution in [0.25, 0.3) is 10.2 Å². The number of methoxy groups -OCH3 is 1. The lowest BCUT2D eigenvalue weighted by molar-refractivity contribution is -0.126. The summed E-state index contributed by atoms with van der Waals surface area (Å²) in [7, 11) is 1.58. The minimum atomic E-state index is 0.0582. The molecule has 0 fully saturated rings. The van der Waals surface area contributed by atoms with E-state index in [2.05, 4.69) is 39.0 Å². The van der Waals surface area contributed by atoms with Crippen molar-refractivity contribution in [2.75, 3.05) is 38.6 Å². The minimum Gasteiger partial charge on any atom is -0.481 e. The van der Waals surface area contributed by atoms with Gasteiger partial charge >= 0.3 is 0 Å². The van der Waals surface area contributed by atoms with Crippen LogP contribution in [-0.2, 0) is 17.8 Å². The summed E-state index contributed by atoms with van der Waals surface area (Å²) in [4.78, 5) is 32.5. The highest BCUT2D eigenvalue weighted by Gasteiger charge is 2.25. The van der Waals surface area contributed by atoms with Crippen molar-refractivity contribution < 1.29 is 14.3 Å². The lowest BCUT2D eigenvalue weighted by Gasteiger charge is -2.26. The van der Waals surface area contributed by atoms with Crippen LogP contribution in [0, 0.1) is 6.92 Å². The van der Waals surface area contributed by atoms with E-state index in [4.69, 9.17) is 9.47 Å². The van der Waals surface area contributed by atoms with Crippen molar-refractivity contribution in [2.45, 2.75) is 33.7 Å². The Morgan fingerprint density at radius 1 is 1.18 bits per heavy atom. The number of benzene rings is 1. The number of rotatable bonds is 10. The van der Waals surface area contributed by atoms with E-state index < -0.39 is 0 Å². The molecule has 0 aliphatic carbocycles. The zero-order valence-corrected chi connectivity index (χ0v) is 24.1. The molecule has 1 aromatic carbocycles. The summed E-state index contributed by atoms with van der Waals surface area (Å²) in [6, 6.07) is 9.52. The zero-order valence-electron chi connectivity index (χ0n) is 23.3. The van der Waals surface area contributed by atoms with Crippen molar-refractivity contribution in [1.29, 1.82) is 0 Å². The van der Waals surface area contributed by atoms with Gasteiger partial charge in [0.15, 0.2) is 0 Å². The molecule has 1 N–H and O–H groups in total. The molecule has 5 rings (SSSR count). The summed E-state index contributed by atoms with van der Waals surface area (Å²) in [6.45, 7) is 10.3. The number of aromatic nitrogens is 3. The molecule has 0 bridgehead atoms. The number of nitrogens with one attached hydrogen (secondary N) is 1. The number of nitrogens with zero attached hydrogens (tertiary/aromatic N) is 5. The quantitative estimate of drug-likeness (QED) is 0.247. The second-order valence-corrected chi connectivity index (χ2v) is 10.6. The van der Waals surface area contributed by atoms with E-state index in [1.807, 2.05) is 42.2 Å². The Morgan fingerprint density at radius 3 is 2.75 bits per heavy atom. The molecular weight excluding hydrogens is 524 g/mol. The van der Waals surface area contributed by atoms with Gasteiger partial charge in [0.1, 0.15) is 28.5 Å². The van der Waals surface area contributed by atoms with Crippen molar-refractivity contribution in [3.63, 3.8) is 0 Å². The number of ether oxygens (including phenoxy) is 2. The van der Waals surface area contributed by atoms with Gasteiger partial charge in [-0.15, -0.1) is 11.3 Å². The Hall–Kier alpha value is -4.02. The Morgan fingerprint density at radius 2 is 2.02 bits per heavy atom. The second kappa shape index (κ2) is 12.4. The molecule has 4 heterocycles. The molecule has 1 aliphatic heterocycles. The second-order valence-electron chi connectivity index (χ2n) is 9.55. The number of pyridine rings is 1. The summed E-state index contributed by atoms with van der Waals surface area (Å²) in [5, 5.41) is 4.52. The van der Waals surface area contributed by atoms with Gasteiger partial charge in [0.05, 0.1) is 25.2 Å². The lowest BCUT2D eigenvalue weighted by atomic mass is 10.0. The van der Waals surface area contributed by atoms with E-state index in [1.54, 1.807) is 43.1 Å². The van der Waals surface area contributed by atoms with Crippen LogP contribution in [0.15, 0.2) is 55.0 Å². The number of aryl methyl sites for hydroxylation is 1. The van der Waals surface area contributed by atoms with Crippen LogP contribution in [0.3, 0.4) is 0 Å². The van der Waals surface area contributed by atoms with Crippen molar-refractivity contribution in [2.24, 2.45) is 0 Å². The third-order valence-electron chi connectivity index (χ3n) is 7.05. The predicted octanol–water partition coefficient (Wildman–Crippen LogP) is 5.72. The smallest absolute Gasteiger partial charge is 0.246 e. The molecule has 10 heteroatoms. The fourth-order valence-electron chi connectivity index (χ4n) is 4.75. The molecule has 0 radical (unpaired) electrons. The minimum absolute atomic E-state index is 0.0582. The van der Waals surface area contributed by atoms with Gasteiger partial charge in [-0.3, -0.25) is 4.79 Å². The third kappa shape index (κ3) is 6.08. The number of hydrogen-bond donors (Lipinski definition) is 1. The molecular formula is C30H34N6O3S. The van der Waals surface area contributed by atoms with Crippen LogP contribution in [0.2, 0.25) is 0 Å². The van der Waals surface area contributed by atoms with Crippen molar-refractivity contribution >= 4 is 39.0 Å². The maximum atomic E-state index is 12.9. The van der Waals surface area contributed by atoms with Crippen LogP contribution < -0.4 is 14.8 Å². The average molecular weight is 559 g/mol. The van der Waals surface area contributed by atoms with Crippen LogP contribution in [0.1, 0.15) is 29.9 Å². The van der Waals surface area contributed by atoms with E-state index in [0.717, 1.165) is 59.1 Å². The number of thiophene rings is 1. The number of hydrogen-bond acceptors (Lipinski definition) is 9. The van der Waals surface area contributed by atoms with Gasteiger partial charge in [0.25, 0.3) is 0 Å². The average Bonchev–Trinajstić information content (AvgIpc) is 3.36. The number of fused-ring (bicyclic) bond motifs is 3. The largest absolute Gasteiger partial charge is 0.481 e. The normalized spacial score (nSPS) is 13.2. The van der Waals surface area contributed by atoms with Crippen LogP contribution in [0.5, 0.6) is 17.4 Å². The topological polar surface area (TPSA) is 92.7 Å². The number of carbonyl (C=O) groups excluding carboxylic acids is 1. The van der Waals surface area contributed by atoms with E-state index in [9.17, 15) is 4.79 Å². The summed E-state index contributed by atoms with van der Waals surface area (Å²) in [5.74, 6) is 2.75. The number of anilines is 2. The van der Waals surface area contributed by atoms with E-state index in [-0.39, 0.29) is 5.91 Å². The zero-order chi connectivity index (χ0) is 28.1.